The summed E-state index contributed by atoms with van der Waals surface area (Å²) in [4.78, 5) is 0. The molecule has 1 aromatic carbocycles. The molecule has 3 heteroatoms. The van der Waals surface area contributed by atoms with Crippen LogP contribution in [0.1, 0.15) is 38.1 Å². The molecule has 0 saturated heterocycles. The van der Waals surface area contributed by atoms with Crippen LogP contribution in [0.4, 0.5) is 0 Å². The third-order valence-electron chi connectivity index (χ3n) is 3.13. The Labute approximate surface area is 114 Å². The number of fused-ring (bicyclic) bond motifs is 1. The van der Waals surface area contributed by atoms with E-state index in [4.69, 9.17) is 9.15 Å². The Morgan fingerprint density at radius 2 is 2.05 bits per heavy atom. The van der Waals surface area contributed by atoms with Crippen molar-refractivity contribution in [3.63, 3.8) is 0 Å². The SMILES string of the molecule is CNC(COC(C)(C)C)c1cc2cccc(C)c2o1. The minimum Gasteiger partial charge on any atom is -0.459 e. The largest absolute Gasteiger partial charge is 0.459 e. The monoisotopic (exact) mass is 261 g/mol. The summed E-state index contributed by atoms with van der Waals surface area (Å²) in [6.45, 7) is 8.84. The normalized spacial score (nSPS) is 13.9. The number of nitrogens with one attached hydrogen (secondary N) is 1. The van der Waals surface area contributed by atoms with E-state index in [2.05, 4.69) is 57.3 Å². The van der Waals surface area contributed by atoms with Crippen molar-refractivity contribution < 1.29 is 9.15 Å². The molecule has 2 rings (SSSR count). The first-order valence-corrected chi connectivity index (χ1v) is 6.71. The van der Waals surface area contributed by atoms with Crippen LogP contribution in [0.3, 0.4) is 0 Å². The van der Waals surface area contributed by atoms with Crippen molar-refractivity contribution in [2.45, 2.75) is 39.3 Å². The Hall–Kier alpha value is -1.32. The standard InChI is InChI=1S/C16H23NO2/c1-11-7-6-8-12-9-14(19-15(11)12)13(17-5)10-18-16(2,3)4/h6-9,13,17H,10H2,1-5H3. The molecule has 0 fully saturated rings. The van der Waals surface area contributed by atoms with Gasteiger partial charge in [0.05, 0.1) is 18.2 Å². The summed E-state index contributed by atoms with van der Waals surface area (Å²) in [6.07, 6.45) is 0. The average molecular weight is 261 g/mol. The minimum atomic E-state index is -0.142. The molecule has 0 radical (unpaired) electrons. The van der Waals surface area contributed by atoms with Crippen LogP contribution in [0.2, 0.25) is 0 Å². The van der Waals surface area contributed by atoms with E-state index in [1.807, 2.05) is 7.05 Å². The molecule has 0 aliphatic rings. The maximum absolute atomic E-state index is 5.97. The minimum absolute atomic E-state index is 0.0750. The molecule has 0 saturated carbocycles. The fourth-order valence-corrected chi connectivity index (χ4v) is 2.04. The molecule has 1 atom stereocenters. The Kier molecular flexibility index (Phi) is 3.97. The summed E-state index contributed by atoms with van der Waals surface area (Å²) < 4.78 is 11.8. The van der Waals surface area contributed by atoms with Crippen molar-refractivity contribution in [1.82, 2.24) is 5.32 Å². The lowest BCUT2D eigenvalue weighted by Gasteiger charge is -2.23. The Bertz CT molecular complexity index is 551. The van der Waals surface area contributed by atoms with Crippen LogP contribution in [-0.4, -0.2) is 19.3 Å². The summed E-state index contributed by atoms with van der Waals surface area (Å²) >= 11 is 0. The molecular formula is C16H23NO2. The summed E-state index contributed by atoms with van der Waals surface area (Å²) in [5.74, 6) is 0.927. The number of ether oxygens (including phenoxy) is 1. The van der Waals surface area contributed by atoms with E-state index in [0.717, 1.165) is 22.3 Å². The summed E-state index contributed by atoms with van der Waals surface area (Å²) in [5.41, 5.74) is 1.99. The van der Waals surface area contributed by atoms with Gasteiger partial charge in [0.15, 0.2) is 0 Å². The molecule has 0 spiro atoms. The molecule has 1 N–H and O–H groups in total. The van der Waals surface area contributed by atoms with Crippen LogP contribution < -0.4 is 5.32 Å². The molecule has 3 nitrogen and oxygen atoms in total. The molecule has 1 heterocycles. The highest BCUT2D eigenvalue weighted by Gasteiger charge is 2.19. The van der Waals surface area contributed by atoms with E-state index in [1.54, 1.807) is 0 Å². The van der Waals surface area contributed by atoms with Crippen molar-refractivity contribution in [1.29, 1.82) is 0 Å². The predicted molar refractivity (Wildman–Crippen MR) is 78.5 cm³/mol. The highest BCUT2D eigenvalue weighted by molar-refractivity contribution is 5.80. The number of likely N-dealkylation sites (N-methyl/N-ethyl adjacent to an activating group) is 1. The van der Waals surface area contributed by atoms with E-state index in [1.165, 1.54) is 0 Å². The van der Waals surface area contributed by atoms with Gasteiger partial charge in [0.1, 0.15) is 11.3 Å². The van der Waals surface area contributed by atoms with Gasteiger partial charge in [-0.2, -0.15) is 0 Å². The van der Waals surface area contributed by atoms with E-state index in [-0.39, 0.29) is 11.6 Å². The van der Waals surface area contributed by atoms with Crippen molar-refractivity contribution in [2.24, 2.45) is 0 Å². The first-order valence-electron chi connectivity index (χ1n) is 6.71. The number of para-hydroxylation sites is 1. The van der Waals surface area contributed by atoms with Gasteiger partial charge in [0.25, 0.3) is 0 Å². The van der Waals surface area contributed by atoms with Gasteiger partial charge >= 0.3 is 0 Å². The Morgan fingerprint density at radius 1 is 1.32 bits per heavy atom. The highest BCUT2D eigenvalue weighted by Crippen LogP contribution is 2.27. The zero-order chi connectivity index (χ0) is 14.0. The molecule has 19 heavy (non-hydrogen) atoms. The zero-order valence-electron chi connectivity index (χ0n) is 12.4. The predicted octanol–water partition coefficient (Wildman–Crippen LogP) is 3.82. The summed E-state index contributed by atoms with van der Waals surface area (Å²) in [6, 6.07) is 8.36. The van der Waals surface area contributed by atoms with Gasteiger partial charge < -0.3 is 14.5 Å². The van der Waals surface area contributed by atoms with E-state index >= 15 is 0 Å². The lowest BCUT2D eigenvalue weighted by Crippen LogP contribution is -2.28. The molecule has 0 bridgehead atoms. The Morgan fingerprint density at radius 3 is 2.63 bits per heavy atom. The third-order valence-corrected chi connectivity index (χ3v) is 3.13. The first-order chi connectivity index (χ1) is 8.90. The summed E-state index contributed by atoms with van der Waals surface area (Å²) in [7, 11) is 1.93. The van der Waals surface area contributed by atoms with Crippen molar-refractivity contribution in [2.75, 3.05) is 13.7 Å². The third kappa shape index (κ3) is 3.37. The van der Waals surface area contributed by atoms with Crippen LogP contribution in [0.15, 0.2) is 28.7 Å². The van der Waals surface area contributed by atoms with Gasteiger partial charge in [0.2, 0.25) is 0 Å². The van der Waals surface area contributed by atoms with Gasteiger partial charge in [-0.1, -0.05) is 18.2 Å². The lowest BCUT2D eigenvalue weighted by atomic mass is 10.1. The van der Waals surface area contributed by atoms with Gasteiger partial charge in [0, 0.05) is 5.39 Å². The quantitative estimate of drug-likeness (QED) is 0.908. The molecule has 0 aliphatic heterocycles. The zero-order valence-corrected chi connectivity index (χ0v) is 12.4. The molecule has 0 aliphatic carbocycles. The van der Waals surface area contributed by atoms with Crippen molar-refractivity contribution >= 4 is 11.0 Å². The fourth-order valence-electron chi connectivity index (χ4n) is 2.04. The van der Waals surface area contributed by atoms with Gasteiger partial charge in [-0.3, -0.25) is 0 Å². The van der Waals surface area contributed by atoms with Gasteiger partial charge in [-0.15, -0.1) is 0 Å². The van der Waals surface area contributed by atoms with Gasteiger partial charge in [-0.25, -0.2) is 0 Å². The second-order valence-electron chi connectivity index (χ2n) is 5.91. The van der Waals surface area contributed by atoms with Gasteiger partial charge in [-0.05, 0) is 46.4 Å². The van der Waals surface area contributed by atoms with Crippen LogP contribution in [0.25, 0.3) is 11.0 Å². The number of hydrogen-bond donors (Lipinski definition) is 1. The van der Waals surface area contributed by atoms with Crippen LogP contribution in [0, 0.1) is 6.92 Å². The molecule has 2 aromatic rings. The van der Waals surface area contributed by atoms with E-state index in [9.17, 15) is 0 Å². The van der Waals surface area contributed by atoms with E-state index in [0.29, 0.717) is 6.61 Å². The number of rotatable bonds is 4. The van der Waals surface area contributed by atoms with E-state index < -0.39 is 0 Å². The number of hydrogen-bond acceptors (Lipinski definition) is 3. The number of benzene rings is 1. The topological polar surface area (TPSA) is 34.4 Å². The first kappa shape index (κ1) is 14.1. The lowest BCUT2D eigenvalue weighted by molar-refractivity contribution is -0.0161. The smallest absolute Gasteiger partial charge is 0.137 e. The maximum atomic E-state index is 5.97. The van der Waals surface area contributed by atoms with Crippen LogP contribution in [0.5, 0.6) is 0 Å². The Balaban J connectivity index is 2.23. The van der Waals surface area contributed by atoms with Crippen molar-refractivity contribution in [3.8, 4) is 0 Å². The number of aryl methyl sites for hydroxylation is 1. The second kappa shape index (κ2) is 5.35. The fraction of sp³-hybridized carbons (Fsp3) is 0.500. The van der Waals surface area contributed by atoms with Crippen LogP contribution in [-0.2, 0) is 4.74 Å². The molecule has 104 valence electrons. The average Bonchev–Trinajstić information content (AvgIpc) is 2.73. The number of furan rings is 1. The maximum Gasteiger partial charge on any atom is 0.137 e. The van der Waals surface area contributed by atoms with Crippen molar-refractivity contribution in [3.05, 3.63) is 35.6 Å². The molecule has 1 aromatic heterocycles. The molecular weight excluding hydrogens is 238 g/mol. The summed E-state index contributed by atoms with van der Waals surface area (Å²) in [5, 5.41) is 4.40. The van der Waals surface area contributed by atoms with Crippen LogP contribution >= 0.6 is 0 Å². The molecule has 1 unspecified atom stereocenters. The highest BCUT2D eigenvalue weighted by atomic mass is 16.5. The second-order valence-corrected chi connectivity index (χ2v) is 5.91. The molecule has 0 amide bonds.